The molecule has 39 heavy (non-hydrogen) atoms. The van der Waals surface area contributed by atoms with Gasteiger partial charge >= 0.3 is 5.97 Å². The monoisotopic (exact) mass is 545 g/mol. The normalized spacial score (nSPS) is 18.8. The molecule has 1 N–H and O–H groups in total. The van der Waals surface area contributed by atoms with Gasteiger partial charge in [-0.2, -0.15) is 0 Å². The highest BCUT2D eigenvalue weighted by Crippen LogP contribution is 2.47. The molecule has 0 amide bonds. The van der Waals surface area contributed by atoms with Gasteiger partial charge in [0, 0.05) is 40.1 Å². The number of Topliss-reactive ketones (excluding diaryl/α,β-unsaturated/α-hetero) is 1. The van der Waals surface area contributed by atoms with E-state index < -0.39 is 11.9 Å². The van der Waals surface area contributed by atoms with Crippen molar-refractivity contribution >= 4 is 23.1 Å². The summed E-state index contributed by atoms with van der Waals surface area (Å²) in [5.74, 6) is 0.835. The predicted octanol–water partition coefficient (Wildman–Crippen LogP) is 5.75. The van der Waals surface area contributed by atoms with Crippen molar-refractivity contribution in [2.75, 3.05) is 27.4 Å². The van der Waals surface area contributed by atoms with Gasteiger partial charge in [-0.15, -0.1) is 11.3 Å². The molecular formula is C31H31NO6S. The SMILES string of the molecule is COc1ccc([C@H]2C(C(=O)OCCOc3ccccc3)=C(C)NC3=C2C(=O)C[C@@H](c2cccs2)C3)cc1OC. The molecule has 1 aliphatic heterocycles. The summed E-state index contributed by atoms with van der Waals surface area (Å²) < 4.78 is 22.3. The van der Waals surface area contributed by atoms with Gasteiger partial charge in [0.15, 0.2) is 17.3 Å². The molecule has 0 spiro atoms. The number of rotatable bonds is 9. The summed E-state index contributed by atoms with van der Waals surface area (Å²) in [6.45, 7) is 2.14. The maximum absolute atomic E-state index is 13.7. The van der Waals surface area contributed by atoms with Crippen molar-refractivity contribution in [3.8, 4) is 17.2 Å². The largest absolute Gasteiger partial charge is 0.493 e. The van der Waals surface area contributed by atoms with Crippen LogP contribution in [0.25, 0.3) is 0 Å². The Kier molecular flexibility index (Phi) is 8.02. The van der Waals surface area contributed by atoms with Crippen LogP contribution in [0.5, 0.6) is 17.2 Å². The summed E-state index contributed by atoms with van der Waals surface area (Å²) >= 11 is 1.66. The molecule has 8 heteroatoms. The number of ketones is 1. The van der Waals surface area contributed by atoms with Gasteiger partial charge in [0.25, 0.3) is 0 Å². The van der Waals surface area contributed by atoms with E-state index in [9.17, 15) is 9.59 Å². The molecule has 5 rings (SSSR count). The molecule has 0 saturated carbocycles. The van der Waals surface area contributed by atoms with E-state index in [2.05, 4.69) is 11.4 Å². The molecule has 7 nitrogen and oxygen atoms in total. The number of thiophene rings is 1. The third kappa shape index (κ3) is 5.56. The summed E-state index contributed by atoms with van der Waals surface area (Å²) in [5.41, 5.74) is 3.29. The zero-order valence-corrected chi connectivity index (χ0v) is 23.0. The summed E-state index contributed by atoms with van der Waals surface area (Å²) in [4.78, 5) is 28.5. The second-order valence-electron chi connectivity index (χ2n) is 9.44. The number of allylic oxidation sites excluding steroid dienone is 3. The number of benzene rings is 2. The Morgan fingerprint density at radius 1 is 0.974 bits per heavy atom. The van der Waals surface area contributed by atoms with Crippen LogP contribution in [0.1, 0.15) is 42.0 Å². The number of nitrogens with one attached hydrogen (secondary N) is 1. The van der Waals surface area contributed by atoms with Crippen LogP contribution in [0.2, 0.25) is 0 Å². The fourth-order valence-electron chi connectivity index (χ4n) is 5.29. The first-order chi connectivity index (χ1) is 19.0. The van der Waals surface area contributed by atoms with Crippen LogP contribution in [-0.2, 0) is 14.3 Å². The number of methoxy groups -OCH3 is 2. The summed E-state index contributed by atoms with van der Waals surface area (Å²) in [5, 5.41) is 5.43. The molecule has 0 unspecified atom stereocenters. The number of ether oxygens (including phenoxy) is 4. The van der Waals surface area contributed by atoms with E-state index in [0.717, 1.165) is 11.3 Å². The van der Waals surface area contributed by atoms with Gasteiger partial charge in [-0.05, 0) is 54.6 Å². The Balaban J connectivity index is 1.46. The number of hydrogen-bond donors (Lipinski definition) is 1. The van der Waals surface area contributed by atoms with E-state index in [1.807, 2.05) is 60.8 Å². The maximum atomic E-state index is 13.7. The molecule has 0 fully saturated rings. The van der Waals surface area contributed by atoms with Gasteiger partial charge < -0.3 is 24.3 Å². The maximum Gasteiger partial charge on any atom is 0.336 e. The molecule has 0 bridgehead atoms. The number of dihydropyridines is 1. The fraction of sp³-hybridized carbons (Fsp3) is 0.290. The minimum absolute atomic E-state index is 0.0205. The molecule has 2 aliphatic rings. The van der Waals surface area contributed by atoms with E-state index in [4.69, 9.17) is 18.9 Å². The average Bonchev–Trinajstić information content (AvgIpc) is 3.50. The summed E-state index contributed by atoms with van der Waals surface area (Å²) in [7, 11) is 3.14. The zero-order valence-electron chi connectivity index (χ0n) is 22.2. The van der Waals surface area contributed by atoms with Crippen molar-refractivity contribution in [1.29, 1.82) is 0 Å². The van der Waals surface area contributed by atoms with Gasteiger partial charge in [-0.3, -0.25) is 4.79 Å². The summed E-state index contributed by atoms with van der Waals surface area (Å²) in [6.07, 6.45) is 1.08. The van der Waals surface area contributed by atoms with E-state index in [1.165, 1.54) is 4.88 Å². The lowest BCUT2D eigenvalue weighted by Gasteiger charge is -2.36. The standard InChI is InChI=1S/C31H31NO6S/c1-19-28(31(34)38-14-13-37-22-8-5-4-6-9-22)29(20-11-12-25(35-2)26(18-20)36-3)30-23(32-19)16-21(17-24(30)33)27-10-7-15-39-27/h4-12,15,18,21,29,32H,13-14,16-17H2,1-3H3/t21-,29-/m0/s1. The van der Waals surface area contributed by atoms with Crippen LogP contribution in [-0.4, -0.2) is 39.2 Å². The second kappa shape index (κ2) is 11.8. The Morgan fingerprint density at radius 2 is 1.77 bits per heavy atom. The van der Waals surface area contributed by atoms with Crippen molar-refractivity contribution in [2.45, 2.75) is 31.6 Å². The Labute approximate surface area is 232 Å². The topological polar surface area (TPSA) is 83.1 Å². The molecule has 1 aromatic heterocycles. The molecule has 2 atom stereocenters. The summed E-state index contributed by atoms with van der Waals surface area (Å²) in [6, 6.07) is 18.9. The number of hydrogen-bond acceptors (Lipinski definition) is 8. The minimum Gasteiger partial charge on any atom is -0.493 e. The molecule has 3 aromatic rings. The number of para-hydroxylation sites is 1. The van der Waals surface area contributed by atoms with Gasteiger partial charge in [0.2, 0.25) is 0 Å². The zero-order chi connectivity index (χ0) is 27.4. The quantitative estimate of drug-likeness (QED) is 0.271. The molecule has 1 aliphatic carbocycles. The van der Waals surface area contributed by atoms with Crippen molar-refractivity contribution in [3.05, 3.63) is 99.0 Å². The first kappa shape index (κ1) is 26.6. The Hall–Kier alpha value is -4.04. The van der Waals surface area contributed by atoms with Crippen molar-refractivity contribution in [3.63, 3.8) is 0 Å². The highest BCUT2D eigenvalue weighted by Gasteiger charge is 2.41. The van der Waals surface area contributed by atoms with Crippen LogP contribution in [0.4, 0.5) is 0 Å². The van der Waals surface area contributed by atoms with Crippen molar-refractivity contribution in [2.24, 2.45) is 0 Å². The van der Waals surface area contributed by atoms with Crippen LogP contribution in [0, 0.1) is 0 Å². The third-order valence-electron chi connectivity index (χ3n) is 7.06. The molecular weight excluding hydrogens is 514 g/mol. The van der Waals surface area contributed by atoms with Crippen LogP contribution < -0.4 is 19.5 Å². The predicted molar refractivity (Wildman–Crippen MR) is 149 cm³/mol. The van der Waals surface area contributed by atoms with Crippen molar-refractivity contribution in [1.82, 2.24) is 5.32 Å². The molecule has 0 saturated heterocycles. The minimum atomic E-state index is -0.597. The van der Waals surface area contributed by atoms with Crippen LogP contribution in [0.15, 0.2) is 88.6 Å². The van der Waals surface area contributed by atoms with Crippen molar-refractivity contribution < 1.29 is 28.5 Å². The first-order valence-corrected chi connectivity index (χ1v) is 13.7. The van der Waals surface area contributed by atoms with Crippen LogP contribution in [0.3, 0.4) is 0 Å². The Bertz CT molecular complexity index is 1410. The molecule has 2 aromatic carbocycles. The number of carbonyl (C=O) groups is 2. The average molecular weight is 546 g/mol. The Morgan fingerprint density at radius 3 is 2.49 bits per heavy atom. The molecule has 0 radical (unpaired) electrons. The lowest BCUT2D eigenvalue weighted by Crippen LogP contribution is -2.36. The van der Waals surface area contributed by atoms with Gasteiger partial charge in [0.1, 0.15) is 19.0 Å². The van der Waals surface area contributed by atoms with Gasteiger partial charge in [-0.1, -0.05) is 30.3 Å². The number of carbonyl (C=O) groups excluding carboxylic acids is 2. The van der Waals surface area contributed by atoms with Crippen LogP contribution >= 0.6 is 11.3 Å². The van der Waals surface area contributed by atoms with Gasteiger partial charge in [0.05, 0.1) is 19.8 Å². The van der Waals surface area contributed by atoms with E-state index >= 15 is 0 Å². The van der Waals surface area contributed by atoms with E-state index in [-0.39, 0.29) is 24.9 Å². The smallest absolute Gasteiger partial charge is 0.336 e. The lowest BCUT2D eigenvalue weighted by molar-refractivity contribution is -0.140. The van der Waals surface area contributed by atoms with Gasteiger partial charge in [-0.25, -0.2) is 4.79 Å². The highest BCUT2D eigenvalue weighted by molar-refractivity contribution is 7.10. The second-order valence-corrected chi connectivity index (χ2v) is 10.4. The lowest BCUT2D eigenvalue weighted by atomic mass is 9.72. The number of esters is 1. The van der Waals surface area contributed by atoms with E-state index in [0.29, 0.717) is 46.9 Å². The fourth-order valence-corrected chi connectivity index (χ4v) is 6.12. The first-order valence-electron chi connectivity index (χ1n) is 12.8. The third-order valence-corrected chi connectivity index (χ3v) is 8.10. The molecule has 202 valence electrons. The van der Waals surface area contributed by atoms with E-state index in [1.54, 1.807) is 31.6 Å². The molecule has 2 heterocycles. The highest BCUT2D eigenvalue weighted by atomic mass is 32.1.